The molecule has 33 heavy (non-hydrogen) atoms. The molecule has 0 radical (unpaired) electrons. The zero-order valence-corrected chi connectivity index (χ0v) is 19.8. The van der Waals surface area contributed by atoms with Crippen molar-refractivity contribution in [1.82, 2.24) is 14.1 Å². The molecule has 1 atom stereocenters. The van der Waals surface area contributed by atoms with Crippen LogP contribution in [0.15, 0.2) is 29.3 Å². The van der Waals surface area contributed by atoms with Crippen LogP contribution in [0.4, 0.5) is 13.2 Å². The molecular weight excluding hydrogens is 459 g/mol. The second-order valence-electron chi connectivity index (χ2n) is 8.38. The summed E-state index contributed by atoms with van der Waals surface area (Å²) >= 11 is 0. The van der Waals surface area contributed by atoms with E-state index in [1.807, 2.05) is 0 Å². The number of carbonyl (C=O) groups excluding carboxylic acids is 1. The summed E-state index contributed by atoms with van der Waals surface area (Å²) in [6, 6.07) is 2.37. The van der Waals surface area contributed by atoms with E-state index in [0.29, 0.717) is 36.5 Å². The molecule has 1 aliphatic rings. The van der Waals surface area contributed by atoms with Gasteiger partial charge in [-0.05, 0) is 55.9 Å². The largest absolute Gasteiger partial charge is 0.465 e. The van der Waals surface area contributed by atoms with Crippen LogP contribution in [-0.4, -0.2) is 42.1 Å². The molecule has 0 spiro atoms. The van der Waals surface area contributed by atoms with Crippen molar-refractivity contribution in [2.24, 2.45) is 0 Å². The number of nitrogens with zero attached hydrogens (tertiary/aromatic N) is 3. The third-order valence-corrected chi connectivity index (χ3v) is 7.70. The number of ether oxygens (including phenoxy) is 1. The minimum absolute atomic E-state index is 0.0856. The lowest BCUT2D eigenvalue weighted by atomic mass is 9.93. The van der Waals surface area contributed by atoms with E-state index >= 15 is 0 Å². The van der Waals surface area contributed by atoms with Crippen LogP contribution in [0.1, 0.15) is 68.0 Å². The number of benzene rings is 1. The van der Waals surface area contributed by atoms with Gasteiger partial charge in [-0.1, -0.05) is 13.8 Å². The van der Waals surface area contributed by atoms with Crippen molar-refractivity contribution in [2.75, 3.05) is 13.7 Å². The first-order chi connectivity index (χ1) is 15.4. The maximum Gasteiger partial charge on any atom is 0.416 e. The van der Waals surface area contributed by atoms with Crippen molar-refractivity contribution in [1.29, 1.82) is 0 Å². The molecule has 0 saturated carbocycles. The summed E-state index contributed by atoms with van der Waals surface area (Å²) in [6.45, 7) is 5.27. The minimum Gasteiger partial charge on any atom is -0.465 e. The van der Waals surface area contributed by atoms with Crippen LogP contribution >= 0.6 is 0 Å². The predicted octanol–water partition coefficient (Wildman–Crippen LogP) is 4.29. The second-order valence-corrected chi connectivity index (χ2v) is 10.4. The highest BCUT2D eigenvalue weighted by Crippen LogP contribution is 2.38. The van der Waals surface area contributed by atoms with E-state index in [-0.39, 0.29) is 19.1 Å². The van der Waals surface area contributed by atoms with E-state index in [2.05, 4.69) is 5.10 Å². The van der Waals surface area contributed by atoms with Gasteiger partial charge in [-0.25, -0.2) is 8.42 Å². The number of fused-ring (bicyclic) bond motifs is 1. The summed E-state index contributed by atoms with van der Waals surface area (Å²) in [5.41, 5.74) is 0.677. The number of hydrogen-bond donors (Lipinski definition) is 0. The van der Waals surface area contributed by atoms with Crippen LogP contribution in [0, 0.1) is 0 Å². The number of alkyl halides is 3. The van der Waals surface area contributed by atoms with Gasteiger partial charge in [0.2, 0.25) is 10.0 Å². The molecule has 0 unspecified atom stereocenters. The van der Waals surface area contributed by atoms with Gasteiger partial charge in [0.1, 0.15) is 6.54 Å². The van der Waals surface area contributed by atoms with Crippen LogP contribution in [0.5, 0.6) is 0 Å². The number of halogens is 3. The smallest absolute Gasteiger partial charge is 0.416 e. The molecule has 0 fully saturated rings. The Kier molecular flexibility index (Phi) is 7.23. The highest BCUT2D eigenvalue weighted by Gasteiger charge is 2.37. The van der Waals surface area contributed by atoms with Crippen molar-refractivity contribution in [3.63, 3.8) is 0 Å². The first-order valence-electron chi connectivity index (χ1n) is 10.8. The van der Waals surface area contributed by atoms with Crippen molar-refractivity contribution in [3.8, 4) is 0 Å². The molecule has 0 aliphatic heterocycles. The van der Waals surface area contributed by atoms with E-state index < -0.39 is 38.7 Å². The third kappa shape index (κ3) is 5.24. The molecule has 182 valence electrons. The standard InChI is InChI=1S/C22H28F3N3O4S/c1-5-32-21(29)13-28-20-8-6-7-19(18(20)12-26-28)27(4)33(30,31)17-10-15(14(2)3)9-16(11-17)22(23,24)25/h9-12,14,19H,5-8,13H2,1-4H3/t19-/m1/s1. The number of hydrogen-bond acceptors (Lipinski definition) is 5. The summed E-state index contributed by atoms with van der Waals surface area (Å²) in [6.07, 6.45) is -1.40. The Hall–Kier alpha value is -2.40. The minimum atomic E-state index is -4.67. The van der Waals surface area contributed by atoms with Gasteiger partial charge in [0, 0.05) is 18.3 Å². The molecule has 11 heteroatoms. The summed E-state index contributed by atoms with van der Waals surface area (Å²) in [5, 5.41) is 4.24. The molecular formula is C22H28F3N3O4S. The summed E-state index contributed by atoms with van der Waals surface area (Å²) in [5.74, 6) is -0.731. The van der Waals surface area contributed by atoms with E-state index in [4.69, 9.17) is 4.74 Å². The maximum atomic E-state index is 13.5. The number of rotatable bonds is 7. The van der Waals surface area contributed by atoms with Gasteiger partial charge in [-0.15, -0.1) is 0 Å². The molecule has 1 heterocycles. The zero-order valence-electron chi connectivity index (χ0n) is 19.0. The van der Waals surface area contributed by atoms with E-state index in [1.165, 1.54) is 24.0 Å². The number of aromatic nitrogens is 2. The zero-order chi connectivity index (χ0) is 24.6. The van der Waals surface area contributed by atoms with Crippen LogP contribution in [0.3, 0.4) is 0 Å². The van der Waals surface area contributed by atoms with Gasteiger partial charge in [-0.2, -0.15) is 22.6 Å². The fraction of sp³-hybridized carbons (Fsp3) is 0.545. The molecule has 3 rings (SSSR count). The Morgan fingerprint density at radius 1 is 1.30 bits per heavy atom. The van der Waals surface area contributed by atoms with Gasteiger partial charge < -0.3 is 4.74 Å². The van der Waals surface area contributed by atoms with E-state index in [1.54, 1.807) is 20.8 Å². The average molecular weight is 488 g/mol. The third-order valence-electron chi connectivity index (χ3n) is 5.85. The van der Waals surface area contributed by atoms with Gasteiger partial charge in [0.15, 0.2) is 0 Å². The lowest BCUT2D eigenvalue weighted by Gasteiger charge is -2.31. The molecule has 0 saturated heterocycles. The topological polar surface area (TPSA) is 81.5 Å². The Morgan fingerprint density at radius 3 is 2.61 bits per heavy atom. The van der Waals surface area contributed by atoms with Crippen LogP contribution in [0.2, 0.25) is 0 Å². The first-order valence-corrected chi connectivity index (χ1v) is 12.2. The second kappa shape index (κ2) is 9.46. The Labute approximate surface area is 191 Å². The molecule has 1 aliphatic carbocycles. The first kappa shape index (κ1) is 25.2. The molecule has 7 nitrogen and oxygen atoms in total. The molecule has 0 bridgehead atoms. The average Bonchev–Trinajstić information content (AvgIpc) is 3.15. The lowest BCUT2D eigenvalue weighted by Crippen LogP contribution is -2.33. The van der Waals surface area contributed by atoms with E-state index in [0.717, 1.165) is 16.1 Å². The summed E-state index contributed by atoms with van der Waals surface area (Å²) in [7, 11) is -2.87. The Bertz CT molecular complexity index is 1130. The van der Waals surface area contributed by atoms with Crippen molar-refractivity contribution >= 4 is 16.0 Å². The number of carbonyl (C=O) groups is 1. The Morgan fingerprint density at radius 2 is 2.00 bits per heavy atom. The SMILES string of the molecule is CCOC(=O)Cn1ncc2c1CCC[C@H]2N(C)S(=O)(=O)c1cc(C(C)C)cc(C(F)(F)F)c1. The summed E-state index contributed by atoms with van der Waals surface area (Å²) in [4.78, 5) is 11.5. The van der Waals surface area contributed by atoms with Crippen LogP contribution in [-0.2, 0) is 38.7 Å². The molecule has 0 amide bonds. The van der Waals surface area contributed by atoms with Gasteiger partial charge >= 0.3 is 12.1 Å². The van der Waals surface area contributed by atoms with Crippen molar-refractivity contribution < 1.29 is 31.1 Å². The van der Waals surface area contributed by atoms with Gasteiger partial charge in [-0.3, -0.25) is 9.48 Å². The molecule has 1 aromatic heterocycles. The highest BCUT2D eigenvalue weighted by atomic mass is 32.2. The van der Waals surface area contributed by atoms with Crippen molar-refractivity contribution in [2.45, 2.75) is 69.6 Å². The molecule has 1 aromatic carbocycles. The summed E-state index contributed by atoms with van der Waals surface area (Å²) < 4.78 is 74.8. The normalized spacial score (nSPS) is 16.8. The predicted molar refractivity (Wildman–Crippen MR) is 115 cm³/mol. The van der Waals surface area contributed by atoms with Crippen molar-refractivity contribution in [3.05, 3.63) is 46.8 Å². The monoisotopic (exact) mass is 487 g/mol. The van der Waals surface area contributed by atoms with Gasteiger partial charge in [0.05, 0.1) is 29.3 Å². The number of sulfonamides is 1. The number of esters is 1. The maximum absolute atomic E-state index is 13.5. The van der Waals surface area contributed by atoms with Crippen LogP contribution in [0.25, 0.3) is 0 Å². The lowest BCUT2D eigenvalue weighted by molar-refractivity contribution is -0.144. The van der Waals surface area contributed by atoms with Crippen LogP contribution < -0.4 is 0 Å². The van der Waals surface area contributed by atoms with Gasteiger partial charge in [0.25, 0.3) is 0 Å². The Balaban J connectivity index is 1.98. The molecule has 2 aromatic rings. The fourth-order valence-corrected chi connectivity index (χ4v) is 5.49. The fourth-order valence-electron chi connectivity index (χ4n) is 4.04. The highest BCUT2D eigenvalue weighted by molar-refractivity contribution is 7.89. The van der Waals surface area contributed by atoms with E-state index in [9.17, 15) is 26.4 Å². The quantitative estimate of drug-likeness (QED) is 0.545. The molecule has 0 N–H and O–H groups in total.